The Morgan fingerprint density at radius 1 is 1.64 bits per heavy atom. The second kappa shape index (κ2) is 4.40. The standard InChI is InChI=1S/C11H16O3/c1-4-8-7(2)5-6-9(10(8)12)11(13)14-3/h6-8H,4-5H2,1-3H3/t7-,8-/m1/s1. The zero-order valence-corrected chi connectivity index (χ0v) is 8.87. The van der Waals surface area contributed by atoms with Gasteiger partial charge >= 0.3 is 5.97 Å². The zero-order chi connectivity index (χ0) is 10.7. The molecule has 0 unspecified atom stereocenters. The normalized spacial score (nSPS) is 27.1. The minimum Gasteiger partial charge on any atom is -0.465 e. The second-order valence-electron chi connectivity index (χ2n) is 3.70. The van der Waals surface area contributed by atoms with Crippen LogP contribution in [0, 0.1) is 11.8 Å². The lowest BCUT2D eigenvalue weighted by atomic mass is 9.78. The van der Waals surface area contributed by atoms with Crippen LogP contribution in [0.4, 0.5) is 0 Å². The average Bonchev–Trinajstić information content (AvgIpc) is 2.18. The highest BCUT2D eigenvalue weighted by molar-refractivity contribution is 6.18. The summed E-state index contributed by atoms with van der Waals surface area (Å²) in [7, 11) is 1.30. The Balaban J connectivity index is 2.89. The Morgan fingerprint density at radius 2 is 2.29 bits per heavy atom. The maximum absolute atomic E-state index is 11.8. The number of rotatable bonds is 2. The molecule has 2 atom stereocenters. The number of ether oxygens (including phenoxy) is 1. The predicted molar refractivity (Wildman–Crippen MR) is 52.7 cm³/mol. The van der Waals surface area contributed by atoms with Gasteiger partial charge in [-0.05, 0) is 18.8 Å². The highest BCUT2D eigenvalue weighted by atomic mass is 16.5. The molecular formula is C11H16O3. The molecule has 0 heterocycles. The van der Waals surface area contributed by atoms with Gasteiger partial charge in [-0.15, -0.1) is 0 Å². The summed E-state index contributed by atoms with van der Waals surface area (Å²) >= 11 is 0. The molecule has 0 bridgehead atoms. The summed E-state index contributed by atoms with van der Waals surface area (Å²) in [6, 6.07) is 0. The molecule has 3 heteroatoms. The van der Waals surface area contributed by atoms with Crippen LogP contribution in [0.15, 0.2) is 11.6 Å². The summed E-state index contributed by atoms with van der Waals surface area (Å²) in [5.41, 5.74) is 0.234. The van der Waals surface area contributed by atoms with Gasteiger partial charge in [0.2, 0.25) is 0 Å². The van der Waals surface area contributed by atoms with E-state index in [9.17, 15) is 9.59 Å². The van der Waals surface area contributed by atoms with Crippen LogP contribution in [-0.2, 0) is 14.3 Å². The molecular weight excluding hydrogens is 180 g/mol. The van der Waals surface area contributed by atoms with Crippen molar-refractivity contribution in [3.8, 4) is 0 Å². The van der Waals surface area contributed by atoms with E-state index < -0.39 is 5.97 Å². The molecule has 1 aliphatic carbocycles. The van der Waals surface area contributed by atoms with Crippen molar-refractivity contribution in [3.05, 3.63) is 11.6 Å². The molecule has 0 N–H and O–H groups in total. The van der Waals surface area contributed by atoms with Crippen molar-refractivity contribution in [1.82, 2.24) is 0 Å². The first kappa shape index (κ1) is 11.0. The molecule has 14 heavy (non-hydrogen) atoms. The van der Waals surface area contributed by atoms with E-state index in [0.29, 0.717) is 5.92 Å². The lowest BCUT2D eigenvalue weighted by Gasteiger charge is -2.25. The van der Waals surface area contributed by atoms with Gasteiger partial charge in [0, 0.05) is 5.92 Å². The van der Waals surface area contributed by atoms with Crippen LogP contribution in [-0.4, -0.2) is 18.9 Å². The van der Waals surface area contributed by atoms with Crippen LogP contribution in [0.1, 0.15) is 26.7 Å². The number of ketones is 1. The van der Waals surface area contributed by atoms with Gasteiger partial charge in [0.25, 0.3) is 0 Å². The van der Waals surface area contributed by atoms with E-state index >= 15 is 0 Å². The topological polar surface area (TPSA) is 43.4 Å². The van der Waals surface area contributed by atoms with Crippen LogP contribution >= 0.6 is 0 Å². The summed E-state index contributed by atoms with van der Waals surface area (Å²) in [5.74, 6) is -0.242. The molecule has 0 aliphatic heterocycles. The van der Waals surface area contributed by atoms with Gasteiger partial charge in [0.05, 0.1) is 12.7 Å². The Bertz CT molecular complexity index is 278. The number of allylic oxidation sites excluding steroid dienone is 1. The molecule has 0 spiro atoms. The van der Waals surface area contributed by atoms with E-state index in [2.05, 4.69) is 4.74 Å². The van der Waals surface area contributed by atoms with Crippen molar-refractivity contribution >= 4 is 11.8 Å². The average molecular weight is 196 g/mol. The SMILES string of the molecule is CC[C@H]1C(=O)C(C(=O)OC)=CC[C@H]1C. The third kappa shape index (κ3) is 1.86. The summed E-state index contributed by atoms with van der Waals surface area (Å²) in [6.07, 6.45) is 3.27. The molecule has 1 aliphatic rings. The summed E-state index contributed by atoms with van der Waals surface area (Å²) < 4.78 is 4.56. The van der Waals surface area contributed by atoms with E-state index in [-0.39, 0.29) is 17.3 Å². The Kier molecular flexibility index (Phi) is 3.44. The summed E-state index contributed by atoms with van der Waals surface area (Å²) in [6.45, 7) is 4.01. The fourth-order valence-corrected chi connectivity index (χ4v) is 1.91. The predicted octanol–water partition coefficient (Wildman–Crippen LogP) is 1.72. The number of carbonyl (C=O) groups is 2. The largest absolute Gasteiger partial charge is 0.465 e. The van der Waals surface area contributed by atoms with Crippen molar-refractivity contribution in [3.63, 3.8) is 0 Å². The maximum atomic E-state index is 11.8. The van der Waals surface area contributed by atoms with Crippen molar-refractivity contribution in [2.45, 2.75) is 26.7 Å². The number of methoxy groups -OCH3 is 1. The molecule has 78 valence electrons. The molecule has 0 saturated heterocycles. The van der Waals surface area contributed by atoms with Crippen LogP contribution in [0.25, 0.3) is 0 Å². The Morgan fingerprint density at radius 3 is 2.79 bits per heavy atom. The lowest BCUT2D eigenvalue weighted by molar-refractivity contribution is -0.139. The first-order valence-electron chi connectivity index (χ1n) is 4.94. The van der Waals surface area contributed by atoms with Gasteiger partial charge in [-0.2, -0.15) is 0 Å². The number of Topliss-reactive ketones (excluding diaryl/α,β-unsaturated/α-hetero) is 1. The third-order valence-corrected chi connectivity index (χ3v) is 2.83. The first-order valence-corrected chi connectivity index (χ1v) is 4.94. The highest BCUT2D eigenvalue weighted by Crippen LogP contribution is 2.29. The van der Waals surface area contributed by atoms with Gasteiger partial charge in [-0.25, -0.2) is 4.79 Å². The first-order chi connectivity index (χ1) is 6.61. The number of carbonyl (C=O) groups excluding carboxylic acids is 2. The van der Waals surface area contributed by atoms with E-state index in [1.165, 1.54) is 7.11 Å². The molecule has 3 nitrogen and oxygen atoms in total. The fourth-order valence-electron chi connectivity index (χ4n) is 1.91. The van der Waals surface area contributed by atoms with Crippen molar-refractivity contribution in [1.29, 1.82) is 0 Å². The van der Waals surface area contributed by atoms with Gasteiger partial charge < -0.3 is 4.74 Å². The smallest absolute Gasteiger partial charge is 0.341 e. The number of hydrogen-bond acceptors (Lipinski definition) is 3. The molecule has 0 aromatic carbocycles. The Hall–Kier alpha value is -1.12. The summed E-state index contributed by atoms with van der Waals surface area (Å²) in [5, 5.41) is 0. The third-order valence-electron chi connectivity index (χ3n) is 2.83. The maximum Gasteiger partial charge on any atom is 0.341 e. The quantitative estimate of drug-likeness (QED) is 0.499. The molecule has 0 aromatic heterocycles. The van der Waals surface area contributed by atoms with Crippen molar-refractivity contribution in [2.75, 3.05) is 7.11 Å². The minimum absolute atomic E-state index is 0.0194. The summed E-state index contributed by atoms with van der Waals surface area (Å²) in [4.78, 5) is 23.0. The van der Waals surface area contributed by atoms with E-state index in [1.54, 1.807) is 6.08 Å². The molecule has 0 saturated carbocycles. The van der Waals surface area contributed by atoms with Crippen LogP contribution < -0.4 is 0 Å². The molecule has 0 radical (unpaired) electrons. The van der Waals surface area contributed by atoms with Gasteiger partial charge in [-0.3, -0.25) is 4.79 Å². The van der Waals surface area contributed by atoms with Gasteiger partial charge in [0.15, 0.2) is 5.78 Å². The number of esters is 1. The van der Waals surface area contributed by atoms with Crippen LogP contribution in [0.5, 0.6) is 0 Å². The number of hydrogen-bond donors (Lipinski definition) is 0. The minimum atomic E-state index is -0.500. The second-order valence-corrected chi connectivity index (χ2v) is 3.70. The monoisotopic (exact) mass is 196 g/mol. The van der Waals surface area contributed by atoms with E-state index in [1.807, 2.05) is 13.8 Å². The molecule has 1 rings (SSSR count). The highest BCUT2D eigenvalue weighted by Gasteiger charge is 2.32. The van der Waals surface area contributed by atoms with E-state index in [0.717, 1.165) is 12.8 Å². The lowest BCUT2D eigenvalue weighted by Crippen LogP contribution is -2.30. The fraction of sp³-hybridized carbons (Fsp3) is 0.636. The van der Waals surface area contributed by atoms with Crippen molar-refractivity contribution < 1.29 is 14.3 Å². The van der Waals surface area contributed by atoms with Gasteiger partial charge in [-0.1, -0.05) is 19.9 Å². The molecule has 0 amide bonds. The zero-order valence-electron chi connectivity index (χ0n) is 8.87. The van der Waals surface area contributed by atoms with Crippen molar-refractivity contribution in [2.24, 2.45) is 11.8 Å². The van der Waals surface area contributed by atoms with E-state index in [4.69, 9.17) is 0 Å². The Labute approximate surface area is 84.1 Å². The molecule has 0 aromatic rings. The van der Waals surface area contributed by atoms with Crippen LogP contribution in [0.2, 0.25) is 0 Å². The van der Waals surface area contributed by atoms with Gasteiger partial charge in [0.1, 0.15) is 0 Å². The molecule has 0 fully saturated rings. The van der Waals surface area contributed by atoms with Crippen LogP contribution in [0.3, 0.4) is 0 Å².